The van der Waals surface area contributed by atoms with Gasteiger partial charge in [0.05, 0.1) is 18.0 Å². The molecule has 0 aliphatic carbocycles. The van der Waals surface area contributed by atoms with E-state index in [1.54, 1.807) is 6.20 Å². The molecule has 0 unspecified atom stereocenters. The molecule has 0 aliphatic heterocycles. The maximum Gasteiger partial charge on any atom is 0.225 e. The molecule has 128 valence electrons. The van der Waals surface area contributed by atoms with Crippen molar-refractivity contribution in [3.8, 4) is 11.4 Å². The Kier molecular flexibility index (Phi) is 5.20. The second kappa shape index (κ2) is 7.72. The molecule has 0 radical (unpaired) electrons. The number of aryl methyl sites for hydroxylation is 2. The molecule has 0 atom stereocenters. The van der Waals surface area contributed by atoms with Crippen LogP contribution in [0.5, 0.6) is 0 Å². The van der Waals surface area contributed by atoms with Gasteiger partial charge in [-0.2, -0.15) is 4.98 Å². The Morgan fingerprint density at radius 3 is 2.64 bits per heavy atom. The Bertz CT molecular complexity index is 852. The lowest BCUT2D eigenvalue weighted by molar-refractivity contribution is 0.311. The molecule has 0 spiro atoms. The maximum atomic E-state index is 9.04. The van der Waals surface area contributed by atoms with Crippen molar-refractivity contribution >= 4 is 17.5 Å². The molecule has 0 saturated heterocycles. The zero-order valence-electron chi connectivity index (χ0n) is 14.3. The molecule has 1 aromatic carbocycles. The first-order valence-electron chi connectivity index (χ1n) is 8.15. The summed E-state index contributed by atoms with van der Waals surface area (Å²) in [4.78, 5) is 13.3. The van der Waals surface area contributed by atoms with Gasteiger partial charge in [0.25, 0.3) is 0 Å². The molecule has 3 aromatic rings. The number of hydrogen-bond acceptors (Lipinski definition) is 6. The number of pyridine rings is 1. The summed E-state index contributed by atoms with van der Waals surface area (Å²) in [7, 11) is 0. The van der Waals surface area contributed by atoms with Crippen molar-refractivity contribution in [3.63, 3.8) is 0 Å². The van der Waals surface area contributed by atoms with Gasteiger partial charge < -0.3 is 15.7 Å². The summed E-state index contributed by atoms with van der Waals surface area (Å²) in [6.07, 6.45) is 1.73. The Morgan fingerprint density at radius 1 is 1.00 bits per heavy atom. The zero-order valence-corrected chi connectivity index (χ0v) is 14.3. The van der Waals surface area contributed by atoms with E-state index >= 15 is 0 Å². The molecular weight excluding hydrogens is 314 g/mol. The van der Waals surface area contributed by atoms with Gasteiger partial charge in [-0.05, 0) is 43.2 Å². The third kappa shape index (κ3) is 4.30. The highest BCUT2D eigenvalue weighted by atomic mass is 16.3. The van der Waals surface area contributed by atoms with Crippen molar-refractivity contribution in [3.05, 3.63) is 59.8 Å². The van der Waals surface area contributed by atoms with Gasteiger partial charge in [-0.3, -0.25) is 4.98 Å². The second-order valence-electron chi connectivity index (χ2n) is 5.77. The normalized spacial score (nSPS) is 10.5. The van der Waals surface area contributed by atoms with Gasteiger partial charge in [0.1, 0.15) is 5.82 Å². The highest BCUT2D eigenvalue weighted by Gasteiger charge is 2.09. The average molecular weight is 335 g/mol. The maximum absolute atomic E-state index is 9.04. The van der Waals surface area contributed by atoms with E-state index in [1.807, 2.05) is 31.2 Å². The molecule has 3 N–H and O–H groups in total. The van der Waals surface area contributed by atoms with E-state index in [9.17, 15) is 0 Å². The van der Waals surface area contributed by atoms with E-state index in [4.69, 9.17) is 5.11 Å². The van der Waals surface area contributed by atoms with Crippen LogP contribution >= 0.6 is 0 Å². The van der Waals surface area contributed by atoms with Crippen LogP contribution in [0.3, 0.4) is 0 Å². The van der Waals surface area contributed by atoms with Crippen LogP contribution in [-0.2, 0) is 0 Å². The third-order valence-electron chi connectivity index (χ3n) is 3.70. The van der Waals surface area contributed by atoms with Gasteiger partial charge in [-0.25, -0.2) is 4.98 Å². The number of anilines is 3. The Morgan fingerprint density at radius 2 is 1.88 bits per heavy atom. The average Bonchev–Trinajstić information content (AvgIpc) is 2.63. The van der Waals surface area contributed by atoms with Crippen molar-refractivity contribution in [2.24, 2.45) is 0 Å². The number of benzene rings is 1. The van der Waals surface area contributed by atoms with Crippen LogP contribution in [-0.4, -0.2) is 33.2 Å². The second-order valence-corrected chi connectivity index (χ2v) is 5.77. The van der Waals surface area contributed by atoms with E-state index < -0.39 is 0 Å². The molecule has 0 bridgehead atoms. The van der Waals surface area contributed by atoms with Crippen LogP contribution in [0, 0.1) is 13.8 Å². The van der Waals surface area contributed by atoms with Gasteiger partial charge in [0, 0.05) is 24.5 Å². The van der Waals surface area contributed by atoms with Crippen molar-refractivity contribution in [2.45, 2.75) is 13.8 Å². The quantitative estimate of drug-likeness (QED) is 0.641. The minimum atomic E-state index is 0.0108. The van der Waals surface area contributed by atoms with Crippen molar-refractivity contribution in [1.29, 1.82) is 0 Å². The molecule has 6 nitrogen and oxygen atoms in total. The molecule has 0 amide bonds. The number of rotatable bonds is 6. The minimum Gasteiger partial charge on any atom is -0.395 e. The van der Waals surface area contributed by atoms with Crippen LogP contribution in [0.15, 0.2) is 48.7 Å². The summed E-state index contributed by atoms with van der Waals surface area (Å²) in [5.41, 5.74) is 4.78. The summed E-state index contributed by atoms with van der Waals surface area (Å²) >= 11 is 0. The van der Waals surface area contributed by atoms with Gasteiger partial charge in [0.15, 0.2) is 0 Å². The molecule has 25 heavy (non-hydrogen) atoms. The smallest absolute Gasteiger partial charge is 0.225 e. The minimum absolute atomic E-state index is 0.0108. The fraction of sp³-hybridized carbons (Fsp3) is 0.211. The van der Waals surface area contributed by atoms with Gasteiger partial charge >= 0.3 is 0 Å². The highest BCUT2D eigenvalue weighted by Crippen LogP contribution is 2.24. The first-order valence-corrected chi connectivity index (χ1v) is 8.15. The van der Waals surface area contributed by atoms with E-state index in [0.29, 0.717) is 24.0 Å². The topological polar surface area (TPSA) is 83.0 Å². The van der Waals surface area contributed by atoms with E-state index in [0.717, 1.165) is 16.9 Å². The summed E-state index contributed by atoms with van der Waals surface area (Å²) in [6.45, 7) is 4.50. The summed E-state index contributed by atoms with van der Waals surface area (Å²) in [5, 5.41) is 15.4. The molecular formula is C19H21N5O. The number of aliphatic hydroxyl groups excluding tert-OH is 1. The Labute approximate surface area is 147 Å². The van der Waals surface area contributed by atoms with Crippen LogP contribution < -0.4 is 10.6 Å². The molecule has 2 aromatic heterocycles. The van der Waals surface area contributed by atoms with E-state index in [-0.39, 0.29) is 6.61 Å². The number of nitrogens with zero attached hydrogens (tertiary/aromatic N) is 3. The largest absolute Gasteiger partial charge is 0.395 e. The molecule has 0 aliphatic rings. The van der Waals surface area contributed by atoms with Crippen molar-refractivity contribution in [1.82, 2.24) is 15.0 Å². The predicted molar refractivity (Wildman–Crippen MR) is 100 cm³/mol. The molecule has 2 heterocycles. The van der Waals surface area contributed by atoms with Gasteiger partial charge in [-0.1, -0.05) is 18.2 Å². The first kappa shape index (κ1) is 16.9. The summed E-state index contributed by atoms with van der Waals surface area (Å²) < 4.78 is 0. The third-order valence-corrected chi connectivity index (χ3v) is 3.70. The van der Waals surface area contributed by atoms with Crippen LogP contribution in [0.1, 0.15) is 11.1 Å². The van der Waals surface area contributed by atoms with Crippen LogP contribution in [0.4, 0.5) is 17.5 Å². The fourth-order valence-corrected chi connectivity index (χ4v) is 2.41. The number of hydrogen-bond donors (Lipinski definition) is 3. The number of aliphatic hydroxyl groups is 1. The van der Waals surface area contributed by atoms with Crippen molar-refractivity contribution < 1.29 is 5.11 Å². The summed E-state index contributed by atoms with van der Waals surface area (Å²) in [6, 6.07) is 13.8. The number of aromatic nitrogens is 3. The first-order chi connectivity index (χ1) is 12.2. The SMILES string of the molecule is Cc1ccc(C)c(Nc2cc(-c3ccccn3)nc(NCCO)n2)c1. The van der Waals surface area contributed by atoms with Crippen LogP contribution in [0.2, 0.25) is 0 Å². The predicted octanol–water partition coefficient (Wildman–Crippen LogP) is 3.30. The monoisotopic (exact) mass is 335 g/mol. The zero-order chi connectivity index (χ0) is 17.6. The van der Waals surface area contributed by atoms with Gasteiger partial charge in [-0.15, -0.1) is 0 Å². The highest BCUT2D eigenvalue weighted by molar-refractivity contribution is 5.67. The molecule has 6 heteroatoms. The lowest BCUT2D eigenvalue weighted by atomic mass is 10.1. The lowest BCUT2D eigenvalue weighted by Gasteiger charge is -2.13. The van der Waals surface area contributed by atoms with E-state index in [2.05, 4.69) is 50.7 Å². The summed E-state index contributed by atoms with van der Waals surface area (Å²) in [5.74, 6) is 1.12. The lowest BCUT2D eigenvalue weighted by Crippen LogP contribution is -2.10. The Hall–Kier alpha value is -2.99. The standard InChI is InChI=1S/C19H21N5O/c1-13-6-7-14(2)16(11-13)22-18-12-17(15-5-3-4-8-20-15)23-19(24-18)21-9-10-25/h3-8,11-12,25H,9-10H2,1-2H3,(H2,21,22,23,24). The van der Waals surface area contributed by atoms with Crippen molar-refractivity contribution in [2.75, 3.05) is 23.8 Å². The van der Waals surface area contributed by atoms with E-state index in [1.165, 1.54) is 5.56 Å². The fourth-order valence-electron chi connectivity index (χ4n) is 2.41. The molecule has 0 fully saturated rings. The van der Waals surface area contributed by atoms with Crippen LogP contribution in [0.25, 0.3) is 11.4 Å². The number of nitrogens with one attached hydrogen (secondary N) is 2. The molecule has 0 saturated carbocycles. The molecule has 3 rings (SSSR count). The Balaban J connectivity index is 1.98. The van der Waals surface area contributed by atoms with Gasteiger partial charge in [0.2, 0.25) is 5.95 Å².